The van der Waals surface area contributed by atoms with Crippen molar-refractivity contribution in [2.24, 2.45) is 0 Å². The largest absolute Gasteiger partial charge is 0.497 e. The molecule has 0 radical (unpaired) electrons. The number of fused-ring (bicyclic) bond motifs is 1. The van der Waals surface area contributed by atoms with Gasteiger partial charge in [-0.3, -0.25) is 4.79 Å². The molecule has 7 heteroatoms. The molecule has 1 amide bonds. The lowest BCUT2D eigenvalue weighted by atomic mass is 10.2. The second kappa shape index (κ2) is 9.04. The van der Waals surface area contributed by atoms with Crippen molar-refractivity contribution in [1.82, 2.24) is 14.9 Å². The van der Waals surface area contributed by atoms with Crippen LogP contribution in [0.3, 0.4) is 0 Å². The molecule has 0 atom stereocenters. The summed E-state index contributed by atoms with van der Waals surface area (Å²) in [4.78, 5) is 24.5. The number of nitrogens with zero attached hydrogens (tertiary/aromatic N) is 3. The van der Waals surface area contributed by atoms with Crippen molar-refractivity contribution in [3.05, 3.63) is 72.5 Å². The van der Waals surface area contributed by atoms with Crippen LogP contribution < -0.4 is 4.74 Å². The van der Waals surface area contributed by atoms with Crippen molar-refractivity contribution in [1.29, 1.82) is 0 Å². The molecule has 2 heterocycles. The summed E-state index contributed by atoms with van der Waals surface area (Å²) in [5, 5.41) is 1.73. The van der Waals surface area contributed by atoms with Gasteiger partial charge in [0.15, 0.2) is 11.6 Å². The molecule has 4 aromatic rings. The van der Waals surface area contributed by atoms with Crippen LogP contribution in [0.15, 0.2) is 76.4 Å². The highest BCUT2D eigenvalue weighted by molar-refractivity contribution is 8.00. The first-order valence-corrected chi connectivity index (χ1v) is 11.6. The maximum atomic E-state index is 13.2. The normalized spacial score (nSPS) is 13.3. The first-order valence-electron chi connectivity index (χ1n) is 10.6. The lowest BCUT2D eigenvalue weighted by Crippen LogP contribution is -2.34. The van der Waals surface area contributed by atoms with Gasteiger partial charge in [0, 0.05) is 18.0 Å². The van der Waals surface area contributed by atoms with Crippen molar-refractivity contribution in [3.63, 3.8) is 0 Å². The van der Waals surface area contributed by atoms with Crippen molar-refractivity contribution in [2.75, 3.05) is 12.9 Å². The van der Waals surface area contributed by atoms with E-state index in [9.17, 15) is 4.79 Å². The number of methoxy groups -OCH3 is 1. The van der Waals surface area contributed by atoms with Crippen LogP contribution in [-0.4, -0.2) is 39.7 Å². The predicted molar refractivity (Wildman–Crippen MR) is 125 cm³/mol. The second-order valence-electron chi connectivity index (χ2n) is 7.74. The van der Waals surface area contributed by atoms with Gasteiger partial charge in [0.05, 0.1) is 24.6 Å². The molecule has 1 aliphatic rings. The Hall–Kier alpha value is -3.32. The van der Waals surface area contributed by atoms with Gasteiger partial charge in [0.2, 0.25) is 5.91 Å². The molecule has 6 nitrogen and oxygen atoms in total. The van der Waals surface area contributed by atoms with Gasteiger partial charge >= 0.3 is 0 Å². The quantitative estimate of drug-likeness (QED) is 0.275. The molecule has 1 saturated carbocycles. The standard InChI is InChI=1S/C25H23N3O3S/c1-30-19-12-8-17(9-13-19)15-28(18-10-11-18)23(29)16-32-25-20-5-2-3-6-21(20)26-24(27-25)22-7-4-14-31-22/h2-9,12-14,18H,10-11,15-16H2,1H3. The maximum absolute atomic E-state index is 13.2. The lowest BCUT2D eigenvalue weighted by Gasteiger charge is -2.22. The predicted octanol–water partition coefficient (Wildman–Crippen LogP) is 5.18. The van der Waals surface area contributed by atoms with E-state index in [2.05, 4.69) is 4.98 Å². The van der Waals surface area contributed by atoms with Gasteiger partial charge < -0.3 is 14.1 Å². The fraction of sp³-hybridized carbons (Fsp3) is 0.240. The Balaban J connectivity index is 1.35. The molecule has 5 rings (SSSR count). The Morgan fingerprint density at radius 2 is 1.91 bits per heavy atom. The molecular formula is C25H23N3O3S. The highest BCUT2D eigenvalue weighted by atomic mass is 32.2. The van der Waals surface area contributed by atoms with Crippen LogP contribution in [-0.2, 0) is 11.3 Å². The molecule has 32 heavy (non-hydrogen) atoms. The van der Waals surface area contributed by atoms with Crippen molar-refractivity contribution in [2.45, 2.75) is 30.5 Å². The molecule has 0 N–H and O–H groups in total. The molecule has 0 unspecified atom stereocenters. The Labute approximate surface area is 190 Å². The Morgan fingerprint density at radius 3 is 2.62 bits per heavy atom. The SMILES string of the molecule is COc1ccc(CN(C(=O)CSc2nc(-c3ccco3)nc3ccccc23)C2CC2)cc1. The molecule has 0 bridgehead atoms. The zero-order valence-electron chi connectivity index (χ0n) is 17.7. The summed E-state index contributed by atoms with van der Waals surface area (Å²) in [7, 11) is 1.65. The topological polar surface area (TPSA) is 68.5 Å². The minimum Gasteiger partial charge on any atom is -0.497 e. The third-order valence-corrected chi connectivity index (χ3v) is 6.44. The molecule has 2 aromatic heterocycles. The number of furan rings is 1. The van der Waals surface area contributed by atoms with E-state index in [1.54, 1.807) is 13.4 Å². The summed E-state index contributed by atoms with van der Waals surface area (Å²) in [5.41, 5.74) is 1.93. The fourth-order valence-corrected chi connectivity index (χ4v) is 4.53. The number of amides is 1. The van der Waals surface area contributed by atoms with Crippen molar-refractivity contribution in [3.8, 4) is 17.3 Å². The number of thioether (sulfide) groups is 1. The van der Waals surface area contributed by atoms with Gasteiger partial charge in [-0.2, -0.15) is 0 Å². The number of rotatable bonds is 8. The second-order valence-corrected chi connectivity index (χ2v) is 8.70. The fourth-order valence-electron chi connectivity index (χ4n) is 3.62. The van der Waals surface area contributed by atoms with E-state index in [-0.39, 0.29) is 5.91 Å². The number of ether oxygens (including phenoxy) is 1. The van der Waals surface area contributed by atoms with Gasteiger partial charge in [0.1, 0.15) is 10.8 Å². The van der Waals surface area contributed by atoms with Crippen molar-refractivity contribution >= 4 is 28.6 Å². The molecule has 0 saturated heterocycles. The molecule has 2 aromatic carbocycles. The summed E-state index contributed by atoms with van der Waals surface area (Å²) < 4.78 is 10.7. The van der Waals surface area contributed by atoms with Gasteiger partial charge in [-0.1, -0.05) is 42.1 Å². The van der Waals surface area contributed by atoms with Gasteiger partial charge in [-0.15, -0.1) is 0 Å². The third-order valence-electron chi connectivity index (χ3n) is 5.46. The van der Waals surface area contributed by atoms with Gasteiger partial charge in [-0.25, -0.2) is 9.97 Å². The number of hydrogen-bond donors (Lipinski definition) is 0. The Bertz CT molecular complexity index is 1220. The first-order chi connectivity index (χ1) is 15.7. The Kier molecular flexibility index (Phi) is 5.81. The minimum atomic E-state index is 0.121. The monoisotopic (exact) mass is 445 g/mol. The molecule has 0 aliphatic heterocycles. The number of benzene rings is 2. The van der Waals surface area contributed by atoms with Crippen LogP contribution in [0.4, 0.5) is 0 Å². The molecule has 162 valence electrons. The summed E-state index contributed by atoms with van der Waals surface area (Å²) in [6.45, 7) is 0.607. The number of carbonyl (C=O) groups excluding carboxylic acids is 1. The number of aromatic nitrogens is 2. The van der Waals surface area contributed by atoms with Crippen LogP contribution in [0, 0.1) is 0 Å². The van der Waals surface area contributed by atoms with E-state index in [1.165, 1.54) is 11.8 Å². The minimum absolute atomic E-state index is 0.121. The van der Waals surface area contributed by atoms with E-state index >= 15 is 0 Å². The number of para-hydroxylation sites is 1. The van der Waals surface area contributed by atoms with E-state index in [1.807, 2.05) is 65.6 Å². The van der Waals surface area contributed by atoms with Gasteiger partial charge in [0.25, 0.3) is 0 Å². The molecule has 0 spiro atoms. The van der Waals surface area contributed by atoms with E-state index < -0.39 is 0 Å². The van der Waals surface area contributed by atoms with E-state index in [4.69, 9.17) is 14.1 Å². The average Bonchev–Trinajstić information content (AvgIpc) is 3.53. The van der Waals surface area contributed by atoms with E-state index in [0.29, 0.717) is 29.9 Å². The summed E-state index contributed by atoms with van der Waals surface area (Å²) >= 11 is 1.46. The zero-order chi connectivity index (χ0) is 21.9. The number of hydrogen-bond acceptors (Lipinski definition) is 6. The van der Waals surface area contributed by atoms with Crippen LogP contribution >= 0.6 is 11.8 Å². The zero-order valence-corrected chi connectivity index (χ0v) is 18.5. The first kappa shape index (κ1) is 20.6. The highest BCUT2D eigenvalue weighted by Gasteiger charge is 2.32. The van der Waals surface area contributed by atoms with Crippen LogP contribution in [0.1, 0.15) is 18.4 Å². The summed E-state index contributed by atoms with van der Waals surface area (Å²) in [5.74, 6) is 2.40. The molecule has 1 aliphatic carbocycles. The molecular weight excluding hydrogens is 422 g/mol. The van der Waals surface area contributed by atoms with Gasteiger partial charge in [-0.05, 0) is 48.7 Å². The van der Waals surface area contributed by atoms with Crippen LogP contribution in [0.25, 0.3) is 22.5 Å². The summed E-state index contributed by atoms with van der Waals surface area (Å²) in [6, 6.07) is 19.7. The highest BCUT2D eigenvalue weighted by Crippen LogP contribution is 2.32. The lowest BCUT2D eigenvalue weighted by molar-refractivity contribution is -0.129. The third kappa shape index (κ3) is 4.48. The van der Waals surface area contributed by atoms with Crippen LogP contribution in [0.5, 0.6) is 5.75 Å². The average molecular weight is 446 g/mol. The van der Waals surface area contributed by atoms with E-state index in [0.717, 1.165) is 40.1 Å². The Morgan fingerprint density at radius 1 is 1.09 bits per heavy atom. The molecule has 1 fully saturated rings. The number of carbonyl (C=O) groups is 1. The van der Waals surface area contributed by atoms with Crippen LogP contribution in [0.2, 0.25) is 0 Å². The van der Waals surface area contributed by atoms with Crippen molar-refractivity contribution < 1.29 is 13.9 Å². The summed E-state index contributed by atoms with van der Waals surface area (Å²) in [6.07, 6.45) is 3.73. The smallest absolute Gasteiger partial charge is 0.233 e. The maximum Gasteiger partial charge on any atom is 0.233 e.